The average Bonchev–Trinajstić information content (AvgIpc) is 2.56. The van der Waals surface area contributed by atoms with Crippen LogP contribution in [0.5, 0.6) is 5.75 Å². The number of hydrogen-bond donors (Lipinski definition) is 1. The molecule has 2 aromatic carbocycles. The average molecular weight is 450 g/mol. The Hall–Kier alpha value is -2.10. The number of ether oxygens (including phenoxy) is 1. The molecule has 0 aliphatic rings. The molecule has 0 saturated carbocycles. The Bertz CT molecular complexity index is 855. The number of amides is 1. The summed E-state index contributed by atoms with van der Waals surface area (Å²) in [5, 5.41) is 8.97. The summed E-state index contributed by atoms with van der Waals surface area (Å²) >= 11 is 7.09. The van der Waals surface area contributed by atoms with Gasteiger partial charge in [0.25, 0.3) is 5.91 Å². The van der Waals surface area contributed by atoms with Crippen LogP contribution in [0.2, 0.25) is 0 Å². The second-order valence-electron chi connectivity index (χ2n) is 4.99. The first-order valence-corrected chi connectivity index (χ1v) is 8.56. The zero-order valence-corrected chi connectivity index (χ0v) is 16.0. The van der Waals surface area contributed by atoms with Crippen molar-refractivity contribution < 1.29 is 9.53 Å². The monoisotopic (exact) mass is 448 g/mol. The molecule has 0 spiro atoms. The first-order chi connectivity index (χ1) is 11.5. The van der Waals surface area contributed by atoms with Gasteiger partial charge in [0.2, 0.25) is 0 Å². The van der Waals surface area contributed by atoms with Gasteiger partial charge in [-0.2, -0.15) is 5.26 Å². The number of nitriles is 1. The van der Waals surface area contributed by atoms with Crippen LogP contribution >= 0.6 is 31.9 Å². The van der Waals surface area contributed by atoms with Crippen LogP contribution in [-0.2, 0) is 11.2 Å². The van der Waals surface area contributed by atoms with E-state index >= 15 is 0 Å². The fraction of sp³-hybridized carbons (Fsp3) is 0.111. The van der Waals surface area contributed by atoms with Crippen molar-refractivity contribution in [3.8, 4) is 11.8 Å². The van der Waals surface area contributed by atoms with E-state index in [0.717, 1.165) is 20.1 Å². The van der Waals surface area contributed by atoms with Crippen molar-refractivity contribution >= 4 is 43.8 Å². The summed E-state index contributed by atoms with van der Waals surface area (Å²) in [5.74, 6) is -0.0991. The summed E-state index contributed by atoms with van der Waals surface area (Å²) < 4.78 is 7.32. The van der Waals surface area contributed by atoms with E-state index in [1.54, 1.807) is 19.2 Å². The third kappa shape index (κ3) is 4.25. The van der Waals surface area contributed by atoms with Crippen LogP contribution in [0, 0.1) is 11.3 Å². The highest BCUT2D eigenvalue weighted by molar-refractivity contribution is 9.10. The van der Waals surface area contributed by atoms with Gasteiger partial charge in [-0.05, 0) is 35.4 Å². The van der Waals surface area contributed by atoms with Crippen LogP contribution in [-0.4, -0.2) is 13.0 Å². The third-order valence-corrected chi connectivity index (χ3v) is 4.90. The molecule has 24 heavy (non-hydrogen) atoms. The lowest BCUT2D eigenvalue weighted by Crippen LogP contribution is -2.12. The Morgan fingerprint density at radius 2 is 2.00 bits per heavy atom. The normalized spacial score (nSPS) is 11.0. The minimum Gasteiger partial charge on any atom is -0.496 e. The summed E-state index contributed by atoms with van der Waals surface area (Å²) in [7, 11) is 1.58. The van der Waals surface area contributed by atoms with Crippen LogP contribution in [0.3, 0.4) is 0 Å². The Morgan fingerprint density at radius 1 is 1.29 bits per heavy atom. The van der Waals surface area contributed by atoms with Crippen molar-refractivity contribution in [2.75, 3.05) is 7.11 Å². The minimum absolute atomic E-state index is 0.109. The van der Waals surface area contributed by atoms with Crippen LogP contribution in [0.25, 0.3) is 6.08 Å². The Labute approximate surface area is 157 Å². The lowest BCUT2D eigenvalue weighted by Gasteiger charge is -2.13. The van der Waals surface area contributed by atoms with E-state index in [9.17, 15) is 4.79 Å². The van der Waals surface area contributed by atoms with Crippen molar-refractivity contribution in [2.24, 2.45) is 5.73 Å². The highest BCUT2D eigenvalue weighted by Gasteiger charge is 2.13. The van der Waals surface area contributed by atoms with Crippen molar-refractivity contribution in [2.45, 2.75) is 6.42 Å². The van der Waals surface area contributed by atoms with E-state index in [4.69, 9.17) is 15.7 Å². The number of halogens is 2. The second-order valence-corrected chi connectivity index (χ2v) is 6.69. The predicted octanol–water partition coefficient (Wildman–Crippen LogP) is 4.20. The number of primary amides is 1. The number of benzene rings is 2. The molecule has 0 fully saturated rings. The largest absolute Gasteiger partial charge is 0.496 e. The molecule has 0 aliphatic heterocycles. The lowest BCUT2D eigenvalue weighted by atomic mass is 10.0. The van der Waals surface area contributed by atoms with Gasteiger partial charge in [0, 0.05) is 20.9 Å². The van der Waals surface area contributed by atoms with E-state index in [1.165, 1.54) is 6.08 Å². The molecule has 4 nitrogen and oxygen atoms in total. The van der Waals surface area contributed by atoms with Gasteiger partial charge in [0.05, 0.1) is 7.11 Å². The highest BCUT2D eigenvalue weighted by atomic mass is 79.9. The van der Waals surface area contributed by atoms with Gasteiger partial charge in [-0.15, -0.1) is 0 Å². The molecule has 1 amide bonds. The summed E-state index contributed by atoms with van der Waals surface area (Å²) in [6, 6.07) is 13.3. The van der Waals surface area contributed by atoms with Crippen LogP contribution in [0.15, 0.2) is 50.9 Å². The maximum atomic E-state index is 11.2. The molecule has 2 N–H and O–H groups in total. The van der Waals surface area contributed by atoms with Gasteiger partial charge in [-0.25, -0.2) is 0 Å². The number of nitrogens with two attached hydrogens (primary N) is 1. The lowest BCUT2D eigenvalue weighted by molar-refractivity contribution is -0.114. The molecule has 0 aliphatic carbocycles. The minimum atomic E-state index is -0.759. The maximum absolute atomic E-state index is 11.2. The fourth-order valence-corrected chi connectivity index (χ4v) is 3.25. The first-order valence-electron chi connectivity index (χ1n) is 6.97. The molecule has 0 heterocycles. The van der Waals surface area contributed by atoms with Crippen molar-refractivity contribution in [1.82, 2.24) is 0 Å². The van der Waals surface area contributed by atoms with Crippen LogP contribution in [0.1, 0.15) is 16.7 Å². The fourth-order valence-electron chi connectivity index (χ4n) is 2.23. The molecule has 0 atom stereocenters. The molecule has 0 saturated heterocycles. The van der Waals surface area contributed by atoms with Crippen LogP contribution < -0.4 is 10.5 Å². The summed E-state index contributed by atoms with van der Waals surface area (Å²) in [6.45, 7) is 0. The van der Waals surface area contributed by atoms with E-state index in [2.05, 4.69) is 31.9 Å². The zero-order chi connectivity index (χ0) is 17.7. The molecule has 0 unspecified atom stereocenters. The van der Waals surface area contributed by atoms with Gasteiger partial charge in [0.1, 0.15) is 17.4 Å². The molecular formula is C18H14Br2N2O2. The number of methoxy groups -OCH3 is 1. The van der Waals surface area contributed by atoms with Gasteiger partial charge < -0.3 is 10.5 Å². The van der Waals surface area contributed by atoms with Crippen molar-refractivity contribution in [3.63, 3.8) is 0 Å². The third-order valence-electron chi connectivity index (χ3n) is 3.42. The number of nitrogens with zero attached hydrogens (tertiary/aromatic N) is 1. The smallest absolute Gasteiger partial charge is 0.259 e. The predicted molar refractivity (Wildman–Crippen MR) is 100 cm³/mol. The summed E-state index contributed by atoms with van der Waals surface area (Å²) in [6.07, 6.45) is 2.11. The number of hydrogen-bond acceptors (Lipinski definition) is 3. The Kier molecular flexibility index (Phi) is 6.18. The van der Waals surface area contributed by atoms with Gasteiger partial charge in [-0.1, -0.05) is 50.1 Å². The van der Waals surface area contributed by atoms with Crippen LogP contribution in [0.4, 0.5) is 0 Å². The molecule has 0 radical (unpaired) electrons. The quantitative estimate of drug-likeness (QED) is 0.548. The second kappa shape index (κ2) is 8.13. The summed E-state index contributed by atoms with van der Waals surface area (Å²) in [5.41, 5.74) is 7.81. The van der Waals surface area contributed by atoms with Gasteiger partial charge in [-0.3, -0.25) is 4.79 Å². The molecule has 0 aromatic heterocycles. The topological polar surface area (TPSA) is 76.1 Å². The molecule has 2 rings (SSSR count). The highest BCUT2D eigenvalue weighted by Crippen LogP contribution is 2.33. The van der Waals surface area contributed by atoms with Gasteiger partial charge >= 0.3 is 0 Å². The molecule has 2 aromatic rings. The standard InChI is InChI=1S/C18H14Br2N2O2/c1-24-17-8-11(6-13(10-21)18(22)23)7-16(20)14(17)9-12-4-2-3-5-15(12)19/h2-8H,9H2,1H3,(H2,22,23)/b13-6+. The molecule has 6 heteroatoms. The van der Waals surface area contributed by atoms with Gasteiger partial charge in [0.15, 0.2) is 0 Å². The first kappa shape index (κ1) is 18.2. The Balaban J connectivity index is 2.47. The van der Waals surface area contributed by atoms with E-state index in [1.807, 2.05) is 30.3 Å². The molecular weight excluding hydrogens is 436 g/mol. The number of carbonyl (C=O) groups excluding carboxylic acids is 1. The number of rotatable bonds is 5. The van der Waals surface area contributed by atoms with E-state index in [-0.39, 0.29) is 5.57 Å². The van der Waals surface area contributed by atoms with Crippen molar-refractivity contribution in [1.29, 1.82) is 5.26 Å². The summed E-state index contributed by atoms with van der Waals surface area (Å²) in [4.78, 5) is 11.2. The SMILES string of the molecule is COc1cc(/C=C(\C#N)C(N)=O)cc(Br)c1Cc1ccccc1Br. The maximum Gasteiger partial charge on any atom is 0.259 e. The van der Waals surface area contributed by atoms with E-state index in [0.29, 0.717) is 17.7 Å². The zero-order valence-electron chi connectivity index (χ0n) is 12.8. The Morgan fingerprint density at radius 3 is 2.58 bits per heavy atom. The number of carbonyl (C=O) groups is 1. The molecule has 0 bridgehead atoms. The van der Waals surface area contributed by atoms with Crippen molar-refractivity contribution in [3.05, 3.63) is 67.6 Å². The van der Waals surface area contributed by atoms with E-state index < -0.39 is 5.91 Å². The molecule has 122 valence electrons.